The zero-order valence-electron chi connectivity index (χ0n) is 13.2. The van der Waals surface area contributed by atoms with E-state index in [4.69, 9.17) is 0 Å². The van der Waals surface area contributed by atoms with E-state index in [-0.39, 0.29) is 0 Å². The lowest BCUT2D eigenvalue weighted by molar-refractivity contribution is 0.0832. The average Bonchev–Trinajstić information content (AvgIpc) is 2.36. The lowest BCUT2D eigenvalue weighted by Gasteiger charge is -2.40. The first-order valence-electron chi connectivity index (χ1n) is 7.55. The summed E-state index contributed by atoms with van der Waals surface area (Å²) in [7, 11) is 0. The second-order valence-electron chi connectivity index (χ2n) is 6.27. The monoisotopic (exact) mass is 266 g/mol. The molecule has 1 rings (SSSR count). The van der Waals surface area contributed by atoms with Gasteiger partial charge in [-0.25, -0.2) is 0 Å². The Morgan fingerprint density at radius 2 is 2.11 bits per heavy atom. The van der Waals surface area contributed by atoms with Crippen molar-refractivity contribution < 1.29 is 0 Å². The largest absolute Gasteiger partial charge is 0.300 e. The number of likely N-dealkylation sites (N-methyl/N-ethyl adjacent to an activating group) is 1. The summed E-state index contributed by atoms with van der Waals surface area (Å²) >= 11 is 0. The number of hydrogen-bond acceptors (Lipinski definition) is 4. The van der Waals surface area contributed by atoms with E-state index in [0.29, 0.717) is 12.1 Å². The topological polar surface area (TPSA) is 42.3 Å². The summed E-state index contributed by atoms with van der Waals surface area (Å²) in [5.41, 5.74) is -0.403. The molecule has 0 aromatic rings. The summed E-state index contributed by atoms with van der Waals surface area (Å²) in [6.45, 7) is 16.3. The molecule has 110 valence electrons. The first-order chi connectivity index (χ1) is 8.90. The van der Waals surface area contributed by atoms with Crippen molar-refractivity contribution in [3.63, 3.8) is 0 Å². The van der Waals surface area contributed by atoms with Crippen LogP contribution in [0.1, 0.15) is 41.0 Å². The molecule has 1 aliphatic rings. The van der Waals surface area contributed by atoms with Gasteiger partial charge in [0.15, 0.2) is 0 Å². The molecule has 1 fully saturated rings. The van der Waals surface area contributed by atoms with E-state index in [2.05, 4.69) is 48.9 Å². The normalized spacial score (nSPS) is 25.2. The maximum absolute atomic E-state index is 9.36. The summed E-state index contributed by atoms with van der Waals surface area (Å²) in [5, 5.41) is 12.7. The molecule has 1 N–H and O–H groups in total. The highest BCUT2D eigenvalue weighted by atomic mass is 15.3. The van der Waals surface area contributed by atoms with E-state index >= 15 is 0 Å². The smallest absolute Gasteiger partial charge is 0.105 e. The van der Waals surface area contributed by atoms with E-state index in [1.807, 2.05) is 6.92 Å². The molecule has 0 bridgehead atoms. The van der Waals surface area contributed by atoms with Crippen molar-refractivity contribution in [2.24, 2.45) is 0 Å². The van der Waals surface area contributed by atoms with Crippen LogP contribution in [0.2, 0.25) is 0 Å². The highest BCUT2D eigenvalue weighted by molar-refractivity contribution is 5.04. The molecular formula is C15H30N4. The van der Waals surface area contributed by atoms with Crippen molar-refractivity contribution in [1.29, 1.82) is 5.26 Å². The molecule has 0 radical (unpaired) electrons. The first kappa shape index (κ1) is 16.4. The first-order valence-corrected chi connectivity index (χ1v) is 7.55. The minimum absolute atomic E-state index is 0.348. The Morgan fingerprint density at radius 1 is 1.42 bits per heavy atom. The zero-order chi connectivity index (χ0) is 14.5. The summed E-state index contributed by atoms with van der Waals surface area (Å²) in [5.74, 6) is 0. The zero-order valence-corrected chi connectivity index (χ0v) is 13.2. The van der Waals surface area contributed by atoms with Crippen molar-refractivity contribution in [3.8, 4) is 6.07 Å². The second kappa shape index (κ2) is 7.23. The highest BCUT2D eigenvalue weighted by Crippen LogP contribution is 2.14. The predicted molar refractivity (Wildman–Crippen MR) is 80.1 cm³/mol. The van der Waals surface area contributed by atoms with Gasteiger partial charge in [-0.3, -0.25) is 10.2 Å². The van der Waals surface area contributed by atoms with E-state index in [1.54, 1.807) is 0 Å². The van der Waals surface area contributed by atoms with Gasteiger partial charge in [-0.2, -0.15) is 5.26 Å². The van der Waals surface area contributed by atoms with Crippen molar-refractivity contribution in [1.82, 2.24) is 15.1 Å². The Bertz CT molecular complexity index is 310. The van der Waals surface area contributed by atoms with Crippen LogP contribution in [0.25, 0.3) is 0 Å². The third kappa shape index (κ3) is 5.10. The van der Waals surface area contributed by atoms with E-state index in [0.717, 1.165) is 39.1 Å². The Labute approximate surface area is 118 Å². The summed E-state index contributed by atoms with van der Waals surface area (Å²) < 4.78 is 0. The Balaban J connectivity index is 2.42. The molecule has 1 aliphatic heterocycles. The minimum Gasteiger partial charge on any atom is -0.300 e. The molecule has 0 aromatic carbocycles. The molecule has 0 spiro atoms. The van der Waals surface area contributed by atoms with Gasteiger partial charge in [-0.15, -0.1) is 0 Å². The molecule has 2 atom stereocenters. The number of hydrogen-bond donors (Lipinski definition) is 1. The molecule has 0 amide bonds. The molecule has 0 saturated carbocycles. The maximum atomic E-state index is 9.36. The fourth-order valence-electron chi connectivity index (χ4n) is 2.92. The summed E-state index contributed by atoms with van der Waals surface area (Å²) in [6, 6.07) is 3.41. The predicted octanol–water partition coefficient (Wildman–Crippen LogP) is 1.68. The van der Waals surface area contributed by atoms with Crippen molar-refractivity contribution in [3.05, 3.63) is 0 Å². The van der Waals surface area contributed by atoms with Crippen LogP contribution in [0.5, 0.6) is 0 Å². The molecule has 1 heterocycles. The lowest BCUT2D eigenvalue weighted by atomic mass is 9.98. The van der Waals surface area contributed by atoms with Crippen LogP contribution in [0, 0.1) is 11.3 Å². The highest BCUT2D eigenvalue weighted by Gasteiger charge is 2.27. The molecular weight excluding hydrogens is 236 g/mol. The van der Waals surface area contributed by atoms with Crippen molar-refractivity contribution in [2.75, 3.05) is 32.7 Å². The van der Waals surface area contributed by atoms with E-state index < -0.39 is 5.54 Å². The third-order valence-electron chi connectivity index (χ3n) is 4.04. The van der Waals surface area contributed by atoms with Crippen LogP contribution >= 0.6 is 0 Å². The molecule has 1 saturated heterocycles. The molecule has 4 heteroatoms. The van der Waals surface area contributed by atoms with Crippen LogP contribution in [-0.2, 0) is 0 Å². The molecule has 2 unspecified atom stereocenters. The molecule has 0 aromatic heterocycles. The van der Waals surface area contributed by atoms with Gasteiger partial charge in [-0.1, -0.05) is 6.92 Å². The van der Waals surface area contributed by atoms with Crippen LogP contribution < -0.4 is 5.32 Å². The van der Waals surface area contributed by atoms with Gasteiger partial charge in [0.2, 0.25) is 0 Å². The number of nitrogens with zero attached hydrogens (tertiary/aromatic N) is 3. The Morgan fingerprint density at radius 3 is 2.58 bits per heavy atom. The van der Waals surface area contributed by atoms with Gasteiger partial charge in [0.05, 0.1) is 6.07 Å². The van der Waals surface area contributed by atoms with Gasteiger partial charge in [0.1, 0.15) is 5.54 Å². The Kier molecular flexibility index (Phi) is 6.25. The fourth-order valence-corrected chi connectivity index (χ4v) is 2.92. The van der Waals surface area contributed by atoms with Gasteiger partial charge in [-0.05, 0) is 40.7 Å². The minimum atomic E-state index is -0.403. The number of rotatable bonds is 6. The average molecular weight is 266 g/mol. The van der Waals surface area contributed by atoms with E-state index in [9.17, 15) is 5.26 Å². The van der Waals surface area contributed by atoms with Gasteiger partial charge >= 0.3 is 0 Å². The van der Waals surface area contributed by atoms with Crippen molar-refractivity contribution >= 4 is 0 Å². The SMILES string of the molecule is CCN1CCN(CCC(C)(C#N)NC(C)C)CC1C. The molecule has 4 nitrogen and oxygen atoms in total. The summed E-state index contributed by atoms with van der Waals surface area (Å²) in [4.78, 5) is 5.01. The standard InChI is InChI=1S/C15H30N4/c1-6-19-10-9-18(11-14(19)4)8-7-15(5,12-16)17-13(2)3/h13-14,17H,6-11H2,1-5H3. The van der Waals surface area contributed by atoms with Crippen LogP contribution in [0.4, 0.5) is 0 Å². The third-order valence-corrected chi connectivity index (χ3v) is 4.04. The lowest BCUT2D eigenvalue weighted by Crippen LogP contribution is -2.53. The summed E-state index contributed by atoms with van der Waals surface area (Å²) in [6.07, 6.45) is 0.889. The Hall–Kier alpha value is -0.630. The maximum Gasteiger partial charge on any atom is 0.105 e. The van der Waals surface area contributed by atoms with Crippen LogP contribution in [0.15, 0.2) is 0 Å². The van der Waals surface area contributed by atoms with Crippen LogP contribution in [0.3, 0.4) is 0 Å². The van der Waals surface area contributed by atoms with Gasteiger partial charge < -0.3 is 4.90 Å². The van der Waals surface area contributed by atoms with Crippen LogP contribution in [-0.4, -0.2) is 60.1 Å². The number of nitrogens with one attached hydrogen (secondary N) is 1. The van der Waals surface area contributed by atoms with Gasteiger partial charge in [0, 0.05) is 38.3 Å². The number of nitriles is 1. The fraction of sp³-hybridized carbons (Fsp3) is 0.933. The van der Waals surface area contributed by atoms with E-state index in [1.165, 1.54) is 0 Å². The van der Waals surface area contributed by atoms with Gasteiger partial charge in [0.25, 0.3) is 0 Å². The quantitative estimate of drug-likeness (QED) is 0.794. The van der Waals surface area contributed by atoms with Crippen molar-refractivity contribution in [2.45, 2.75) is 58.7 Å². The second-order valence-corrected chi connectivity index (χ2v) is 6.27. The number of piperazine rings is 1. The molecule has 0 aliphatic carbocycles. The molecule has 19 heavy (non-hydrogen) atoms.